The van der Waals surface area contributed by atoms with E-state index in [0.717, 1.165) is 50.0 Å². The molecule has 2 aliphatic rings. The zero-order valence-electron chi connectivity index (χ0n) is 18.9. The molecule has 4 rings (SSSR count). The van der Waals surface area contributed by atoms with Crippen molar-refractivity contribution in [1.29, 1.82) is 0 Å². The van der Waals surface area contributed by atoms with Gasteiger partial charge in [-0.25, -0.2) is 4.98 Å². The summed E-state index contributed by atoms with van der Waals surface area (Å²) in [5.74, 6) is 1.16. The predicted octanol–water partition coefficient (Wildman–Crippen LogP) is 4.99. The number of aromatic nitrogens is 2. The van der Waals surface area contributed by atoms with Gasteiger partial charge in [-0.05, 0) is 62.7 Å². The molecular weight excluding hydrogens is 440 g/mol. The highest BCUT2D eigenvalue weighted by molar-refractivity contribution is 8.26. The third kappa shape index (κ3) is 4.76. The molecule has 0 aromatic carbocycles. The number of hydrogen-bond donors (Lipinski definition) is 1. The number of hydrogen-bond acceptors (Lipinski definition) is 6. The number of fused-ring (bicyclic) bond motifs is 1. The van der Waals surface area contributed by atoms with E-state index in [-0.39, 0.29) is 17.5 Å². The van der Waals surface area contributed by atoms with Crippen LogP contribution in [0.3, 0.4) is 0 Å². The zero-order chi connectivity index (χ0) is 22.8. The standard InChI is InChI=1S/C24H30N4O2S2/c1-4-5-12-27-23(30)19(32-24(27)31)13-18-21(25-17-9-6-15(2)7-10-17)26-20-11-8-16(3)14-28(20)22(18)29/h8,11,13-15,17,25H,4-7,9-10,12H2,1-3H3/b19-13+. The maximum atomic E-state index is 13.5. The molecule has 1 N–H and O–H groups in total. The van der Waals surface area contributed by atoms with Crippen LogP contribution in [-0.4, -0.2) is 37.1 Å². The van der Waals surface area contributed by atoms with Crippen molar-refractivity contribution in [2.24, 2.45) is 5.92 Å². The van der Waals surface area contributed by atoms with Crippen LogP contribution < -0.4 is 10.9 Å². The number of nitrogens with zero attached hydrogens (tertiary/aromatic N) is 3. The van der Waals surface area contributed by atoms with Crippen molar-refractivity contribution in [3.05, 3.63) is 44.7 Å². The van der Waals surface area contributed by atoms with Crippen molar-refractivity contribution in [2.75, 3.05) is 11.9 Å². The molecule has 1 saturated heterocycles. The number of carbonyl (C=O) groups excluding carboxylic acids is 1. The molecule has 1 amide bonds. The number of anilines is 1. The number of amides is 1. The van der Waals surface area contributed by atoms with Gasteiger partial charge in [0.25, 0.3) is 11.5 Å². The quantitative estimate of drug-likeness (QED) is 0.474. The minimum atomic E-state index is -0.177. The second kappa shape index (κ2) is 9.75. The van der Waals surface area contributed by atoms with Crippen molar-refractivity contribution >= 4 is 51.7 Å². The highest BCUT2D eigenvalue weighted by atomic mass is 32.2. The molecule has 32 heavy (non-hydrogen) atoms. The summed E-state index contributed by atoms with van der Waals surface area (Å²) >= 11 is 6.70. The minimum Gasteiger partial charge on any atom is -0.367 e. The molecule has 1 aliphatic heterocycles. The number of carbonyl (C=O) groups is 1. The van der Waals surface area contributed by atoms with E-state index in [1.165, 1.54) is 11.8 Å². The number of thiocarbonyl (C=S) groups is 1. The molecule has 2 fully saturated rings. The predicted molar refractivity (Wildman–Crippen MR) is 136 cm³/mol. The lowest BCUT2D eigenvalue weighted by Gasteiger charge is -2.27. The summed E-state index contributed by atoms with van der Waals surface area (Å²) < 4.78 is 2.11. The van der Waals surface area contributed by atoms with Crippen LogP contribution in [0.2, 0.25) is 0 Å². The van der Waals surface area contributed by atoms with Crippen LogP contribution in [0.5, 0.6) is 0 Å². The van der Waals surface area contributed by atoms with E-state index in [9.17, 15) is 9.59 Å². The normalized spacial score (nSPS) is 22.8. The summed E-state index contributed by atoms with van der Waals surface area (Å²) in [6.07, 6.45) is 9.78. The summed E-state index contributed by atoms with van der Waals surface area (Å²) in [5.41, 5.74) is 1.81. The Morgan fingerprint density at radius 1 is 1.25 bits per heavy atom. The average molecular weight is 471 g/mol. The average Bonchev–Trinajstić information content (AvgIpc) is 3.04. The SMILES string of the molecule is CCCCN1C(=O)/C(=C\c2c(NC3CCC(C)CC3)nc3ccc(C)cn3c2=O)SC1=S. The molecule has 3 heterocycles. The van der Waals surface area contributed by atoms with Gasteiger partial charge in [0.2, 0.25) is 0 Å². The molecule has 0 unspecified atom stereocenters. The Morgan fingerprint density at radius 3 is 2.72 bits per heavy atom. The first-order chi connectivity index (χ1) is 15.4. The smallest absolute Gasteiger partial charge is 0.267 e. The van der Waals surface area contributed by atoms with Crippen LogP contribution in [0.25, 0.3) is 11.7 Å². The Balaban J connectivity index is 1.75. The molecule has 1 aliphatic carbocycles. The van der Waals surface area contributed by atoms with E-state index in [0.29, 0.717) is 32.8 Å². The van der Waals surface area contributed by atoms with Crippen molar-refractivity contribution in [3.63, 3.8) is 0 Å². The van der Waals surface area contributed by atoms with Crippen molar-refractivity contribution in [1.82, 2.24) is 14.3 Å². The first-order valence-corrected chi connectivity index (χ1v) is 12.6. The Morgan fingerprint density at radius 2 is 2.00 bits per heavy atom. The maximum Gasteiger partial charge on any atom is 0.267 e. The second-order valence-electron chi connectivity index (χ2n) is 8.90. The van der Waals surface area contributed by atoms with Crippen LogP contribution in [0.15, 0.2) is 28.0 Å². The first-order valence-electron chi connectivity index (χ1n) is 11.4. The lowest BCUT2D eigenvalue weighted by Crippen LogP contribution is -2.29. The first kappa shape index (κ1) is 23.0. The van der Waals surface area contributed by atoms with E-state index in [2.05, 4.69) is 19.2 Å². The van der Waals surface area contributed by atoms with Crippen LogP contribution in [-0.2, 0) is 4.79 Å². The number of rotatable bonds is 6. The van der Waals surface area contributed by atoms with Gasteiger partial charge in [0, 0.05) is 18.8 Å². The van der Waals surface area contributed by atoms with E-state index in [1.54, 1.807) is 21.6 Å². The number of pyridine rings is 1. The third-order valence-electron chi connectivity index (χ3n) is 6.25. The summed E-state index contributed by atoms with van der Waals surface area (Å²) in [5, 5.41) is 3.53. The largest absolute Gasteiger partial charge is 0.367 e. The van der Waals surface area contributed by atoms with Crippen molar-refractivity contribution in [2.45, 2.75) is 65.3 Å². The molecule has 2 aromatic heterocycles. The Kier molecular flexibility index (Phi) is 7.00. The van der Waals surface area contributed by atoms with Crippen LogP contribution in [0.4, 0.5) is 5.82 Å². The molecule has 0 bridgehead atoms. The van der Waals surface area contributed by atoms with Gasteiger partial charge in [-0.2, -0.15) is 0 Å². The molecule has 0 spiro atoms. The van der Waals surface area contributed by atoms with Gasteiger partial charge in [-0.3, -0.25) is 18.9 Å². The molecule has 0 radical (unpaired) electrons. The number of nitrogens with one attached hydrogen (secondary N) is 1. The highest BCUT2D eigenvalue weighted by Gasteiger charge is 2.32. The van der Waals surface area contributed by atoms with Gasteiger partial charge < -0.3 is 5.32 Å². The van der Waals surface area contributed by atoms with Gasteiger partial charge in [0.15, 0.2) is 0 Å². The Bertz CT molecular complexity index is 1130. The fraction of sp³-hybridized carbons (Fsp3) is 0.500. The monoisotopic (exact) mass is 470 g/mol. The maximum absolute atomic E-state index is 13.5. The van der Waals surface area contributed by atoms with E-state index >= 15 is 0 Å². The van der Waals surface area contributed by atoms with Crippen LogP contribution in [0.1, 0.15) is 63.5 Å². The molecule has 170 valence electrons. The summed E-state index contributed by atoms with van der Waals surface area (Å²) in [4.78, 5) is 33.4. The van der Waals surface area contributed by atoms with Crippen molar-refractivity contribution < 1.29 is 4.79 Å². The van der Waals surface area contributed by atoms with E-state index in [4.69, 9.17) is 17.2 Å². The summed E-state index contributed by atoms with van der Waals surface area (Å²) in [7, 11) is 0. The van der Waals surface area contributed by atoms with Crippen LogP contribution in [0, 0.1) is 12.8 Å². The van der Waals surface area contributed by atoms with Gasteiger partial charge in [0.05, 0.1) is 10.5 Å². The lowest BCUT2D eigenvalue weighted by molar-refractivity contribution is -0.122. The lowest BCUT2D eigenvalue weighted by atomic mass is 9.87. The number of unbranched alkanes of at least 4 members (excludes halogenated alkanes) is 1. The summed E-state index contributed by atoms with van der Waals surface area (Å²) in [6, 6.07) is 4.09. The topological polar surface area (TPSA) is 66.7 Å². The van der Waals surface area contributed by atoms with Gasteiger partial charge in [0.1, 0.15) is 15.8 Å². The number of aryl methyl sites for hydroxylation is 1. The molecule has 6 nitrogen and oxygen atoms in total. The molecule has 0 atom stereocenters. The third-order valence-corrected chi connectivity index (χ3v) is 7.62. The molecule has 2 aromatic rings. The molecular formula is C24H30N4O2S2. The minimum absolute atomic E-state index is 0.125. The highest BCUT2D eigenvalue weighted by Crippen LogP contribution is 2.34. The van der Waals surface area contributed by atoms with Crippen molar-refractivity contribution in [3.8, 4) is 0 Å². The fourth-order valence-electron chi connectivity index (χ4n) is 4.24. The molecule has 8 heteroatoms. The van der Waals surface area contributed by atoms with Crippen LogP contribution >= 0.6 is 24.0 Å². The molecule has 1 saturated carbocycles. The number of thioether (sulfide) groups is 1. The van der Waals surface area contributed by atoms with Gasteiger partial charge >= 0.3 is 0 Å². The summed E-state index contributed by atoms with van der Waals surface area (Å²) in [6.45, 7) is 6.92. The van der Waals surface area contributed by atoms with E-state index in [1.807, 2.05) is 19.1 Å². The Labute approximate surface area is 198 Å². The second-order valence-corrected chi connectivity index (χ2v) is 10.6. The Hall–Kier alpha value is -2.19. The van der Waals surface area contributed by atoms with E-state index < -0.39 is 0 Å². The van der Waals surface area contributed by atoms with Gasteiger partial charge in [-0.1, -0.05) is 50.3 Å². The van der Waals surface area contributed by atoms with Gasteiger partial charge in [-0.15, -0.1) is 0 Å². The zero-order valence-corrected chi connectivity index (χ0v) is 20.5. The fourth-order valence-corrected chi connectivity index (χ4v) is 5.53.